The average Bonchev–Trinajstić information content (AvgIpc) is 2.15. The first-order valence-electron chi connectivity index (χ1n) is 6.26. The van der Waals surface area contributed by atoms with Crippen LogP contribution in [0.25, 0.3) is 0 Å². The quantitative estimate of drug-likeness (QED) is 0.673. The topological polar surface area (TPSA) is 21.3 Å². The third-order valence-electron chi connectivity index (χ3n) is 2.82. The molecule has 0 rings (SSSR count). The van der Waals surface area contributed by atoms with Crippen molar-refractivity contribution in [2.45, 2.75) is 59.6 Å². The molecule has 2 nitrogen and oxygen atoms in total. The van der Waals surface area contributed by atoms with E-state index in [9.17, 15) is 0 Å². The highest BCUT2D eigenvalue weighted by Gasteiger charge is 2.31. The summed E-state index contributed by atoms with van der Waals surface area (Å²) in [6, 6.07) is 0.400. The lowest BCUT2D eigenvalue weighted by molar-refractivity contribution is -0.0357. The van der Waals surface area contributed by atoms with Gasteiger partial charge in [-0.25, -0.2) is 0 Å². The summed E-state index contributed by atoms with van der Waals surface area (Å²) in [5, 5.41) is 3.38. The Kier molecular flexibility index (Phi) is 6.93. The maximum absolute atomic E-state index is 5.90. The van der Waals surface area contributed by atoms with Crippen LogP contribution in [-0.2, 0) is 4.74 Å². The molecule has 0 fully saturated rings. The molecule has 0 bridgehead atoms. The van der Waals surface area contributed by atoms with Crippen molar-refractivity contribution >= 4 is 0 Å². The fraction of sp³-hybridized carbons (Fsp3) is 0.857. The van der Waals surface area contributed by atoms with Gasteiger partial charge in [-0.05, 0) is 39.2 Å². The van der Waals surface area contributed by atoms with E-state index in [1.807, 2.05) is 7.05 Å². The van der Waals surface area contributed by atoms with Crippen LogP contribution < -0.4 is 5.32 Å². The second-order valence-electron chi connectivity index (χ2n) is 5.63. The molecule has 0 amide bonds. The summed E-state index contributed by atoms with van der Waals surface area (Å²) >= 11 is 0. The number of rotatable bonds is 7. The molecule has 16 heavy (non-hydrogen) atoms. The van der Waals surface area contributed by atoms with Crippen LogP contribution >= 0.6 is 0 Å². The lowest BCUT2D eigenvalue weighted by Gasteiger charge is -2.36. The summed E-state index contributed by atoms with van der Waals surface area (Å²) in [5.74, 6) is 0. The molecule has 0 aliphatic carbocycles. The van der Waals surface area contributed by atoms with Gasteiger partial charge in [0.15, 0.2) is 0 Å². The van der Waals surface area contributed by atoms with Crippen LogP contribution in [0.15, 0.2) is 12.2 Å². The highest BCUT2D eigenvalue weighted by molar-refractivity contribution is 4.93. The summed E-state index contributed by atoms with van der Waals surface area (Å²) < 4.78 is 5.90. The van der Waals surface area contributed by atoms with Gasteiger partial charge in [0.25, 0.3) is 0 Å². The molecule has 0 aliphatic heterocycles. The molecule has 0 aromatic heterocycles. The van der Waals surface area contributed by atoms with Crippen molar-refractivity contribution in [3.05, 3.63) is 12.2 Å². The first-order chi connectivity index (χ1) is 7.32. The molecule has 0 aromatic rings. The molecule has 96 valence electrons. The van der Waals surface area contributed by atoms with Gasteiger partial charge < -0.3 is 10.1 Å². The van der Waals surface area contributed by atoms with Gasteiger partial charge in [0, 0.05) is 12.6 Å². The van der Waals surface area contributed by atoms with Gasteiger partial charge in [-0.1, -0.05) is 26.3 Å². The largest absolute Gasteiger partial charge is 0.376 e. The fourth-order valence-electron chi connectivity index (χ4n) is 2.00. The van der Waals surface area contributed by atoms with E-state index in [0.29, 0.717) is 6.04 Å². The van der Waals surface area contributed by atoms with Gasteiger partial charge in [0.1, 0.15) is 0 Å². The van der Waals surface area contributed by atoms with Crippen LogP contribution in [0.2, 0.25) is 0 Å². The van der Waals surface area contributed by atoms with Crippen molar-refractivity contribution in [1.29, 1.82) is 0 Å². The summed E-state index contributed by atoms with van der Waals surface area (Å²) in [4.78, 5) is 0. The Morgan fingerprint density at radius 3 is 2.25 bits per heavy atom. The predicted molar refractivity (Wildman–Crippen MR) is 71.8 cm³/mol. The van der Waals surface area contributed by atoms with Crippen LogP contribution in [0, 0.1) is 5.41 Å². The minimum atomic E-state index is 0.165. The van der Waals surface area contributed by atoms with E-state index in [1.54, 1.807) is 0 Å². The Hall–Kier alpha value is -0.340. The Morgan fingerprint density at radius 2 is 1.94 bits per heavy atom. The van der Waals surface area contributed by atoms with Crippen LogP contribution in [0.5, 0.6) is 0 Å². The zero-order valence-electron chi connectivity index (χ0n) is 11.9. The van der Waals surface area contributed by atoms with Gasteiger partial charge in [0.05, 0.1) is 6.10 Å². The molecule has 0 spiro atoms. The Morgan fingerprint density at radius 1 is 1.38 bits per heavy atom. The number of hydrogen-bond acceptors (Lipinski definition) is 2. The minimum absolute atomic E-state index is 0.165. The van der Waals surface area contributed by atoms with E-state index in [1.165, 1.54) is 5.57 Å². The van der Waals surface area contributed by atoms with Crippen LogP contribution in [0.4, 0.5) is 0 Å². The van der Waals surface area contributed by atoms with E-state index in [4.69, 9.17) is 4.74 Å². The third kappa shape index (κ3) is 5.66. The van der Waals surface area contributed by atoms with Crippen LogP contribution in [-0.4, -0.2) is 25.8 Å². The Bertz CT molecular complexity index is 205. The standard InChI is InChI=1S/C14H29NO/c1-8-16-13(14(4,5)6)12(15-7)10-9-11(2)3/h12-13,15H,2,8-10H2,1,3-7H3. The maximum Gasteiger partial charge on any atom is 0.0775 e. The van der Waals surface area contributed by atoms with Crippen molar-refractivity contribution in [2.24, 2.45) is 5.41 Å². The summed E-state index contributed by atoms with van der Waals surface area (Å²) in [7, 11) is 2.01. The highest BCUT2D eigenvalue weighted by Crippen LogP contribution is 2.27. The van der Waals surface area contributed by atoms with Gasteiger partial charge in [0.2, 0.25) is 0 Å². The number of nitrogens with one attached hydrogen (secondary N) is 1. The van der Waals surface area contributed by atoms with Gasteiger partial charge in [-0.3, -0.25) is 0 Å². The molecular formula is C14H29NO. The SMILES string of the molecule is C=C(C)CCC(NC)C(OCC)C(C)(C)C. The molecule has 1 N–H and O–H groups in total. The number of allylic oxidation sites excluding steroid dienone is 1. The van der Waals surface area contributed by atoms with Crippen molar-refractivity contribution in [1.82, 2.24) is 5.32 Å². The van der Waals surface area contributed by atoms with E-state index >= 15 is 0 Å². The van der Waals surface area contributed by atoms with E-state index in [2.05, 4.69) is 46.5 Å². The molecule has 2 heteroatoms. The monoisotopic (exact) mass is 227 g/mol. The van der Waals surface area contributed by atoms with Crippen LogP contribution in [0.1, 0.15) is 47.5 Å². The van der Waals surface area contributed by atoms with Crippen molar-refractivity contribution in [2.75, 3.05) is 13.7 Å². The minimum Gasteiger partial charge on any atom is -0.376 e. The molecule has 2 unspecified atom stereocenters. The average molecular weight is 227 g/mol. The Balaban J connectivity index is 4.51. The molecule has 0 saturated heterocycles. The molecule has 0 saturated carbocycles. The molecule has 0 radical (unpaired) electrons. The molecule has 0 heterocycles. The molecular weight excluding hydrogens is 198 g/mol. The number of likely N-dealkylation sites (N-methyl/N-ethyl adjacent to an activating group) is 1. The second kappa shape index (κ2) is 7.08. The van der Waals surface area contributed by atoms with Crippen LogP contribution in [0.3, 0.4) is 0 Å². The maximum atomic E-state index is 5.90. The van der Waals surface area contributed by atoms with Crippen molar-refractivity contribution in [3.63, 3.8) is 0 Å². The summed E-state index contributed by atoms with van der Waals surface area (Å²) in [6.07, 6.45) is 2.40. The van der Waals surface area contributed by atoms with E-state index in [0.717, 1.165) is 19.4 Å². The zero-order chi connectivity index (χ0) is 12.8. The van der Waals surface area contributed by atoms with Crippen molar-refractivity contribution < 1.29 is 4.74 Å². The highest BCUT2D eigenvalue weighted by atomic mass is 16.5. The van der Waals surface area contributed by atoms with E-state index < -0.39 is 0 Å². The number of hydrogen-bond donors (Lipinski definition) is 1. The Labute approximate surface area is 101 Å². The summed E-state index contributed by atoms with van der Waals surface area (Å²) in [5.41, 5.74) is 1.41. The first kappa shape index (κ1) is 15.7. The fourth-order valence-corrected chi connectivity index (χ4v) is 2.00. The van der Waals surface area contributed by atoms with Crippen molar-refractivity contribution in [3.8, 4) is 0 Å². The molecule has 2 atom stereocenters. The second-order valence-corrected chi connectivity index (χ2v) is 5.63. The summed E-state index contributed by atoms with van der Waals surface area (Å²) in [6.45, 7) is 15.6. The zero-order valence-corrected chi connectivity index (χ0v) is 11.9. The smallest absolute Gasteiger partial charge is 0.0775 e. The molecule has 0 aliphatic rings. The molecule has 0 aromatic carbocycles. The van der Waals surface area contributed by atoms with Gasteiger partial charge in [-0.15, -0.1) is 6.58 Å². The van der Waals surface area contributed by atoms with Gasteiger partial charge >= 0.3 is 0 Å². The van der Waals surface area contributed by atoms with Gasteiger partial charge in [-0.2, -0.15) is 0 Å². The lowest BCUT2D eigenvalue weighted by Crippen LogP contribution is -2.47. The number of ether oxygens (including phenoxy) is 1. The predicted octanol–water partition coefficient (Wildman–Crippen LogP) is 3.38. The lowest BCUT2D eigenvalue weighted by atomic mass is 9.82. The third-order valence-corrected chi connectivity index (χ3v) is 2.82. The van der Waals surface area contributed by atoms with E-state index in [-0.39, 0.29) is 11.5 Å². The first-order valence-corrected chi connectivity index (χ1v) is 6.26. The normalized spacial score (nSPS) is 15.9.